The SMILES string of the molecule is CCOc1ccc(OCCn2cc(CCCCl)nn2)cc1. The van der Waals surface area contributed by atoms with E-state index in [0.717, 1.165) is 30.0 Å². The minimum Gasteiger partial charge on any atom is -0.494 e. The maximum Gasteiger partial charge on any atom is 0.119 e. The molecule has 0 bridgehead atoms. The lowest BCUT2D eigenvalue weighted by Gasteiger charge is -2.07. The monoisotopic (exact) mass is 309 g/mol. The van der Waals surface area contributed by atoms with Gasteiger partial charge in [0.15, 0.2) is 0 Å². The van der Waals surface area contributed by atoms with E-state index >= 15 is 0 Å². The summed E-state index contributed by atoms with van der Waals surface area (Å²) in [7, 11) is 0. The van der Waals surface area contributed by atoms with Gasteiger partial charge in [0.25, 0.3) is 0 Å². The molecule has 1 aromatic carbocycles. The van der Waals surface area contributed by atoms with Crippen LogP contribution in [0.15, 0.2) is 30.5 Å². The number of nitrogens with zero attached hydrogens (tertiary/aromatic N) is 3. The second-order valence-electron chi connectivity index (χ2n) is 4.52. The van der Waals surface area contributed by atoms with Crippen molar-refractivity contribution in [3.63, 3.8) is 0 Å². The predicted molar refractivity (Wildman–Crippen MR) is 82.2 cm³/mol. The van der Waals surface area contributed by atoms with E-state index in [9.17, 15) is 0 Å². The molecule has 0 aliphatic heterocycles. The molecule has 0 aliphatic carbocycles. The molecule has 0 fully saturated rings. The number of ether oxygens (including phenoxy) is 2. The van der Waals surface area contributed by atoms with Gasteiger partial charge in [-0.05, 0) is 44.0 Å². The van der Waals surface area contributed by atoms with Gasteiger partial charge in [-0.25, -0.2) is 4.68 Å². The Morgan fingerprint density at radius 3 is 2.52 bits per heavy atom. The maximum atomic E-state index is 5.67. The van der Waals surface area contributed by atoms with E-state index in [-0.39, 0.29) is 0 Å². The number of aryl methyl sites for hydroxylation is 1. The number of hydrogen-bond donors (Lipinski definition) is 0. The lowest BCUT2D eigenvalue weighted by Crippen LogP contribution is -2.08. The first kappa shape index (κ1) is 15.6. The molecule has 0 saturated carbocycles. The minimum atomic E-state index is 0.548. The van der Waals surface area contributed by atoms with Gasteiger partial charge in [-0.1, -0.05) is 5.21 Å². The molecule has 6 heteroatoms. The summed E-state index contributed by atoms with van der Waals surface area (Å²) in [5.74, 6) is 2.32. The lowest BCUT2D eigenvalue weighted by atomic mass is 10.3. The van der Waals surface area contributed by atoms with Gasteiger partial charge in [0.2, 0.25) is 0 Å². The van der Waals surface area contributed by atoms with Gasteiger partial charge in [0.1, 0.15) is 18.1 Å². The van der Waals surface area contributed by atoms with Crippen LogP contribution in [-0.2, 0) is 13.0 Å². The largest absolute Gasteiger partial charge is 0.494 e. The van der Waals surface area contributed by atoms with Crippen molar-refractivity contribution >= 4 is 11.6 Å². The number of rotatable bonds is 9. The summed E-state index contributed by atoms with van der Waals surface area (Å²) in [5.41, 5.74) is 0.969. The van der Waals surface area contributed by atoms with Crippen LogP contribution in [0, 0.1) is 0 Å². The second kappa shape index (κ2) is 8.52. The molecule has 0 radical (unpaired) electrons. The summed E-state index contributed by atoms with van der Waals surface area (Å²) in [6.45, 7) is 3.84. The minimum absolute atomic E-state index is 0.548. The highest BCUT2D eigenvalue weighted by Crippen LogP contribution is 2.17. The van der Waals surface area contributed by atoms with Crippen molar-refractivity contribution in [3.05, 3.63) is 36.2 Å². The van der Waals surface area contributed by atoms with E-state index in [1.165, 1.54) is 0 Å². The third-order valence-corrected chi connectivity index (χ3v) is 3.14. The van der Waals surface area contributed by atoms with Crippen molar-refractivity contribution in [1.29, 1.82) is 0 Å². The first-order valence-electron chi connectivity index (χ1n) is 7.12. The van der Waals surface area contributed by atoms with E-state index in [1.807, 2.05) is 37.4 Å². The number of hydrogen-bond acceptors (Lipinski definition) is 4. The van der Waals surface area contributed by atoms with Gasteiger partial charge in [-0.2, -0.15) is 0 Å². The lowest BCUT2D eigenvalue weighted by molar-refractivity contribution is 0.288. The van der Waals surface area contributed by atoms with Crippen LogP contribution in [0.4, 0.5) is 0 Å². The topological polar surface area (TPSA) is 49.2 Å². The van der Waals surface area contributed by atoms with Crippen LogP contribution in [-0.4, -0.2) is 34.1 Å². The average Bonchev–Trinajstić information content (AvgIpc) is 2.95. The molecule has 1 heterocycles. The summed E-state index contributed by atoms with van der Waals surface area (Å²) < 4.78 is 12.8. The molecule has 1 aromatic heterocycles. The standard InChI is InChI=1S/C15H20ClN3O2/c1-2-20-14-5-7-15(8-6-14)21-11-10-19-12-13(17-18-19)4-3-9-16/h5-8,12H,2-4,9-11H2,1H3. The highest BCUT2D eigenvalue weighted by atomic mass is 35.5. The van der Waals surface area contributed by atoms with Crippen molar-refractivity contribution in [2.75, 3.05) is 19.1 Å². The summed E-state index contributed by atoms with van der Waals surface area (Å²) >= 11 is 5.66. The van der Waals surface area contributed by atoms with Gasteiger partial charge in [0.05, 0.1) is 18.8 Å². The van der Waals surface area contributed by atoms with Gasteiger partial charge >= 0.3 is 0 Å². The summed E-state index contributed by atoms with van der Waals surface area (Å²) in [6, 6.07) is 7.60. The third kappa shape index (κ3) is 5.27. The van der Waals surface area contributed by atoms with Crippen LogP contribution >= 0.6 is 11.6 Å². The maximum absolute atomic E-state index is 5.67. The zero-order valence-corrected chi connectivity index (χ0v) is 12.9. The van der Waals surface area contributed by atoms with E-state index in [4.69, 9.17) is 21.1 Å². The van der Waals surface area contributed by atoms with Crippen LogP contribution < -0.4 is 9.47 Å². The predicted octanol–water partition coefficient (Wildman–Crippen LogP) is 2.93. The van der Waals surface area contributed by atoms with Crippen LogP contribution in [0.2, 0.25) is 0 Å². The van der Waals surface area contributed by atoms with E-state index < -0.39 is 0 Å². The van der Waals surface area contributed by atoms with E-state index in [0.29, 0.717) is 25.6 Å². The number of alkyl halides is 1. The fourth-order valence-electron chi connectivity index (χ4n) is 1.87. The smallest absolute Gasteiger partial charge is 0.119 e. The van der Waals surface area contributed by atoms with Gasteiger partial charge in [-0.3, -0.25) is 0 Å². The number of benzene rings is 1. The Balaban J connectivity index is 1.74. The molecule has 5 nitrogen and oxygen atoms in total. The quantitative estimate of drug-likeness (QED) is 0.668. The van der Waals surface area contributed by atoms with E-state index in [1.54, 1.807) is 4.68 Å². The molecule has 0 unspecified atom stereocenters. The normalized spacial score (nSPS) is 10.6. The Hall–Kier alpha value is -1.75. The van der Waals surface area contributed by atoms with Crippen molar-refractivity contribution < 1.29 is 9.47 Å². The Bertz CT molecular complexity index is 528. The Kier molecular flexibility index (Phi) is 6.34. The molecular formula is C15H20ClN3O2. The number of aromatic nitrogens is 3. The first-order chi connectivity index (χ1) is 10.3. The molecule has 114 valence electrons. The molecule has 2 rings (SSSR count). The molecule has 0 N–H and O–H groups in total. The second-order valence-corrected chi connectivity index (χ2v) is 4.90. The highest BCUT2D eigenvalue weighted by Gasteiger charge is 2.01. The van der Waals surface area contributed by atoms with Crippen molar-refractivity contribution in [1.82, 2.24) is 15.0 Å². The van der Waals surface area contributed by atoms with Crippen LogP contribution in [0.3, 0.4) is 0 Å². The van der Waals surface area contributed by atoms with Gasteiger partial charge in [-0.15, -0.1) is 16.7 Å². The molecule has 21 heavy (non-hydrogen) atoms. The Labute approximate surface area is 129 Å². The molecule has 0 spiro atoms. The van der Waals surface area contributed by atoms with Crippen LogP contribution in [0.1, 0.15) is 19.0 Å². The fraction of sp³-hybridized carbons (Fsp3) is 0.467. The van der Waals surface area contributed by atoms with E-state index in [2.05, 4.69) is 10.3 Å². The molecule has 2 aromatic rings. The average molecular weight is 310 g/mol. The summed E-state index contributed by atoms with van der Waals surface area (Å²) in [4.78, 5) is 0. The van der Waals surface area contributed by atoms with Crippen molar-refractivity contribution in [2.45, 2.75) is 26.3 Å². The molecule has 0 amide bonds. The van der Waals surface area contributed by atoms with Gasteiger partial charge < -0.3 is 9.47 Å². The highest BCUT2D eigenvalue weighted by molar-refractivity contribution is 6.17. The van der Waals surface area contributed by atoms with Crippen LogP contribution in [0.25, 0.3) is 0 Å². The first-order valence-corrected chi connectivity index (χ1v) is 7.66. The van der Waals surface area contributed by atoms with Crippen molar-refractivity contribution in [2.24, 2.45) is 0 Å². The zero-order chi connectivity index (χ0) is 14.9. The summed E-state index contributed by atoms with van der Waals surface area (Å²) in [6.07, 6.45) is 3.72. The molecule has 0 aliphatic rings. The third-order valence-electron chi connectivity index (χ3n) is 2.88. The fourth-order valence-corrected chi connectivity index (χ4v) is 2.00. The molecule has 0 saturated heterocycles. The zero-order valence-electron chi connectivity index (χ0n) is 12.2. The molecule has 0 atom stereocenters. The van der Waals surface area contributed by atoms with Crippen LogP contribution in [0.5, 0.6) is 11.5 Å². The summed E-state index contributed by atoms with van der Waals surface area (Å²) in [5, 5.41) is 8.16. The Morgan fingerprint density at radius 2 is 1.86 bits per heavy atom. The number of halogens is 1. The van der Waals surface area contributed by atoms with Crippen molar-refractivity contribution in [3.8, 4) is 11.5 Å². The molecular weight excluding hydrogens is 290 g/mol. The van der Waals surface area contributed by atoms with Gasteiger partial charge in [0, 0.05) is 12.1 Å². The Morgan fingerprint density at radius 1 is 1.14 bits per heavy atom.